The molecule has 0 spiro atoms. The summed E-state index contributed by atoms with van der Waals surface area (Å²) >= 11 is 0. The van der Waals surface area contributed by atoms with Crippen LogP contribution < -0.4 is 9.64 Å². The van der Waals surface area contributed by atoms with E-state index in [1.165, 1.54) is 6.07 Å². The Hall–Kier alpha value is -4.20. The Morgan fingerprint density at radius 1 is 0.941 bits per heavy atom. The van der Waals surface area contributed by atoms with E-state index in [0.717, 1.165) is 11.1 Å². The van der Waals surface area contributed by atoms with E-state index in [0.29, 0.717) is 36.1 Å². The van der Waals surface area contributed by atoms with E-state index < -0.39 is 59.5 Å². The second-order valence-electron chi connectivity index (χ2n) is 16.0. The third-order valence-corrected chi connectivity index (χ3v) is 8.09. The van der Waals surface area contributed by atoms with Gasteiger partial charge in [-0.25, -0.2) is 14.6 Å². The van der Waals surface area contributed by atoms with Gasteiger partial charge in [-0.1, -0.05) is 51.5 Å². The van der Waals surface area contributed by atoms with Gasteiger partial charge >= 0.3 is 18.4 Å². The van der Waals surface area contributed by atoms with Crippen LogP contribution in [-0.2, 0) is 26.9 Å². The molecule has 1 aliphatic rings. The summed E-state index contributed by atoms with van der Waals surface area (Å²) in [6.45, 7) is 17.6. The first-order valence-electron chi connectivity index (χ1n) is 17.1. The van der Waals surface area contributed by atoms with Crippen molar-refractivity contribution in [3.05, 3.63) is 52.9 Å². The van der Waals surface area contributed by atoms with Crippen molar-refractivity contribution in [2.24, 2.45) is 0 Å². The minimum Gasteiger partial charge on any atom is -0.474 e. The van der Waals surface area contributed by atoms with Crippen molar-refractivity contribution in [3.8, 4) is 17.5 Å². The number of aliphatic hydroxyl groups is 1. The highest BCUT2D eigenvalue weighted by atomic mass is 19.4. The van der Waals surface area contributed by atoms with Gasteiger partial charge in [-0.05, 0) is 96.8 Å². The van der Waals surface area contributed by atoms with Crippen LogP contribution in [0.25, 0.3) is 11.6 Å². The highest BCUT2D eigenvalue weighted by Gasteiger charge is 2.58. The van der Waals surface area contributed by atoms with Crippen LogP contribution in [0.1, 0.15) is 117 Å². The van der Waals surface area contributed by atoms with Gasteiger partial charge in [0.1, 0.15) is 17.3 Å². The average molecular weight is 719 g/mol. The number of rotatable bonds is 3. The fourth-order valence-electron chi connectivity index (χ4n) is 5.49. The third kappa shape index (κ3) is 9.78. The molecule has 51 heavy (non-hydrogen) atoms. The molecule has 0 saturated carbocycles. The third-order valence-electron chi connectivity index (χ3n) is 8.09. The number of fused-ring (bicyclic) bond motifs is 5. The molecular weight excluding hydrogens is 669 g/mol. The summed E-state index contributed by atoms with van der Waals surface area (Å²) in [5.41, 5.74) is -3.80. The van der Waals surface area contributed by atoms with Crippen LogP contribution in [-0.4, -0.2) is 56.0 Å². The topological polar surface area (TPSA) is 137 Å². The van der Waals surface area contributed by atoms with Crippen molar-refractivity contribution in [2.75, 3.05) is 4.90 Å². The molecule has 4 bridgehead atoms. The highest BCUT2D eigenvalue weighted by molar-refractivity contribution is 6.11. The Bertz CT molecular complexity index is 1690. The minimum atomic E-state index is -5.16. The number of ether oxygens (including phenoxy) is 3. The molecule has 2 amide bonds. The van der Waals surface area contributed by atoms with Crippen molar-refractivity contribution in [1.82, 2.24) is 15.2 Å². The van der Waals surface area contributed by atoms with Crippen molar-refractivity contribution in [3.63, 3.8) is 0 Å². The molecular formula is C37H49F3N4O7. The van der Waals surface area contributed by atoms with Crippen molar-refractivity contribution < 1.29 is 46.5 Å². The number of hydrogen-bond acceptors (Lipinski definition) is 10. The van der Waals surface area contributed by atoms with E-state index in [4.69, 9.17) is 18.6 Å². The summed E-state index contributed by atoms with van der Waals surface area (Å²) < 4.78 is 66.5. The van der Waals surface area contributed by atoms with Gasteiger partial charge in [0.05, 0.1) is 5.69 Å². The lowest BCUT2D eigenvalue weighted by Gasteiger charge is -2.30. The standard InChI is InChI=1S/C37H49F3N4O7/c1-22-19-26(44(31(45)50-34(5,6)7)32(46)51-35(8,9)10)27-29-42-43-30(49-29)36(47,37(38,39)40)18-13-11-12-17-25(48-28(22)41-27)21-23-15-14-16-24(20-23)33(2,3)4/h14-16,19-20,25,47H,11-13,17-18,21H2,1-10H3/t25?,36-/m1/s1. The Morgan fingerprint density at radius 3 is 2.14 bits per heavy atom. The van der Waals surface area contributed by atoms with Crippen LogP contribution in [0, 0.1) is 6.92 Å². The van der Waals surface area contributed by atoms with Gasteiger partial charge in [0.25, 0.3) is 11.8 Å². The number of imide groups is 1. The van der Waals surface area contributed by atoms with Gasteiger partial charge in [-0.3, -0.25) is 0 Å². The number of nitrogens with zero attached hydrogens (tertiary/aromatic N) is 4. The molecule has 3 aromatic rings. The van der Waals surface area contributed by atoms with Crippen molar-refractivity contribution in [1.29, 1.82) is 0 Å². The lowest BCUT2D eigenvalue weighted by molar-refractivity contribution is -0.277. The second kappa shape index (κ2) is 14.4. The van der Waals surface area contributed by atoms with Gasteiger partial charge in [0, 0.05) is 12.0 Å². The predicted octanol–water partition coefficient (Wildman–Crippen LogP) is 9.12. The van der Waals surface area contributed by atoms with Crippen LogP contribution >= 0.6 is 0 Å². The minimum absolute atomic E-state index is 0.00115. The van der Waals surface area contributed by atoms with Crippen LogP contribution in [0.3, 0.4) is 0 Å². The number of carbonyl (C=O) groups is 2. The van der Waals surface area contributed by atoms with Crippen LogP contribution in [0.15, 0.2) is 34.7 Å². The Labute approximate surface area is 296 Å². The molecule has 0 fully saturated rings. The fraction of sp³-hybridized carbons (Fsp3) is 0.595. The first-order valence-corrected chi connectivity index (χ1v) is 17.1. The number of halogens is 3. The molecule has 1 unspecified atom stereocenters. The molecule has 3 heterocycles. The molecule has 0 radical (unpaired) electrons. The van der Waals surface area contributed by atoms with Crippen LogP contribution in [0.5, 0.6) is 5.88 Å². The molecule has 1 N–H and O–H groups in total. The van der Waals surface area contributed by atoms with Gasteiger partial charge in [0.15, 0.2) is 5.69 Å². The van der Waals surface area contributed by atoms with Gasteiger partial charge in [-0.15, -0.1) is 10.2 Å². The van der Waals surface area contributed by atoms with E-state index in [1.807, 2.05) is 12.1 Å². The van der Waals surface area contributed by atoms with Crippen molar-refractivity contribution in [2.45, 2.75) is 142 Å². The van der Waals surface area contributed by atoms with E-state index in [1.54, 1.807) is 48.5 Å². The largest absolute Gasteiger partial charge is 0.474 e. The number of hydrogen-bond donors (Lipinski definition) is 1. The number of carbonyl (C=O) groups excluding carboxylic acids is 2. The lowest BCUT2D eigenvalue weighted by atomic mass is 9.85. The van der Waals surface area contributed by atoms with E-state index in [-0.39, 0.29) is 29.1 Å². The zero-order valence-electron chi connectivity index (χ0n) is 31.0. The molecule has 0 aliphatic carbocycles. The SMILES string of the molecule is Cc1cc(N(C(=O)OC(C)(C)C)C(=O)OC(C)(C)C)c2nc1OC(Cc1cccc(C(C)(C)C)c1)CCCCC[C@](O)(C(F)(F)F)c1nnc-2o1. The molecule has 2 atom stereocenters. The molecule has 14 heteroatoms. The number of aromatic nitrogens is 3. The zero-order chi connectivity index (χ0) is 38.2. The quantitative estimate of drug-likeness (QED) is 0.279. The summed E-state index contributed by atoms with van der Waals surface area (Å²) in [6.07, 6.45) is -6.90. The first kappa shape index (κ1) is 39.6. The van der Waals surface area contributed by atoms with Crippen LogP contribution in [0.2, 0.25) is 0 Å². The van der Waals surface area contributed by atoms with Gasteiger partial charge in [-0.2, -0.15) is 18.1 Å². The number of anilines is 1. The normalized spacial score (nSPS) is 19.1. The number of benzene rings is 1. The van der Waals surface area contributed by atoms with Gasteiger partial charge in [0.2, 0.25) is 11.5 Å². The number of amides is 2. The maximum Gasteiger partial charge on any atom is 0.426 e. The van der Waals surface area contributed by atoms with E-state index in [2.05, 4.69) is 48.1 Å². The Balaban J connectivity index is 1.93. The maximum absolute atomic E-state index is 14.5. The van der Waals surface area contributed by atoms with Crippen LogP contribution in [0.4, 0.5) is 28.4 Å². The molecule has 1 aliphatic heterocycles. The fourth-order valence-corrected chi connectivity index (χ4v) is 5.49. The lowest BCUT2D eigenvalue weighted by Crippen LogP contribution is -2.44. The van der Waals surface area contributed by atoms with E-state index in [9.17, 15) is 27.9 Å². The molecule has 4 rings (SSSR count). The summed E-state index contributed by atoms with van der Waals surface area (Å²) in [4.78, 5) is 32.5. The number of alkyl halides is 3. The second-order valence-corrected chi connectivity index (χ2v) is 16.0. The summed E-state index contributed by atoms with van der Waals surface area (Å²) in [6, 6.07) is 9.52. The number of aryl methyl sites for hydroxylation is 1. The summed E-state index contributed by atoms with van der Waals surface area (Å²) in [5.74, 6) is -1.63. The smallest absolute Gasteiger partial charge is 0.426 e. The molecule has 11 nitrogen and oxygen atoms in total. The van der Waals surface area contributed by atoms with Crippen molar-refractivity contribution >= 4 is 17.9 Å². The first-order chi connectivity index (χ1) is 23.4. The highest BCUT2D eigenvalue weighted by Crippen LogP contribution is 2.44. The molecule has 280 valence electrons. The maximum atomic E-state index is 14.5. The predicted molar refractivity (Wildman–Crippen MR) is 184 cm³/mol. The zero-order valence-corrected chi connectivity index (χ0v) is 31.0. The number of pyridine rings is 1. The monoisotopic (exact) mass is 718 g/mol. The van der Waals surface area contributed by atoms with Gasteiger partial charge < -0.3 is 23.7 Å². The molecule has 2 aromatic heterocycles. The Kier molecular flexibility index (Phi) is 11.2. The summed E-state index contributed by atoms with van der Waals surface area (Å²) in [5, 5.41) is 18.4. The summed E-state index contributed by atoms with van der Waals surface area (Å²) in [7, 11) is 0. The molecule has 0 saturated heterocycles. The van der Waals surface area contributed by atoms with E-state index >= 15 is 0 Å². The Morgan fingerprint density at radius 2 is 1.57 bits per heavy atom. The molecule has 1 aromatic carbocycles. The average Bonchev–Trinajstić information content (AvgIpc) is 3.45.